The molecule has 2 atom stereocenters. The summed E-state index contributed by atoms with van der Waals surface area (Å²) in [6.45, 7) is 6.39. The minimum Gasteiger partial charge on any atom is -0.494 e. The average molecular weight is 566 g/mol. The Bertz CT molecular complexity index is 1170. The molecule has 208 valence electrons. The summed E-state index contributed by atoms with van der Waals surface area (Å²) in [6.07, 6.45) is 5.81. The number of rotatable bonds is 12. The van der Waals surface area contributed by atoms with Crippen molar-refractivity contribution in [1.82, 2.24) is 19.2 Å². The fourth-order valence-corrected chi connectivity index (χ4v) is 4.81. The molecule has 1 aromatic heterocycles. The van der Waals surface area contributed by atoms with Crippen LogP contribution in [0.4, 0.5) is 23.0 Å². The zero-order chi connectivity index (χ0) is 27.8. The molecule has 0 aliphatic carbocycles. The first kappa shape index (κ1) is 29.6. The van der Waals surface area contributed by atoms with Gasteiger partial charge in [-0.25, -0.2) is 13.5 Å². The molecule has 13 heteroatoms. The molecule has 1 aromatic carbocycles. The van der Waals surface area contributed by atoms with Gasteiger partial charge in [-0.3, -0.25) is 4.79 Å². The molecule has 1 saturated heterocycles. The molecular weight excluding hydrogens is 530 g/mol. The number of anilines is 4. The summed E-state index contributed by atoms with van der Waals surface area (Å²) in [5.74, 6) is 0.667. The van der Waals surface area contributed by atoms with E-state index >= 15 is 0 Å². The van der Waals surface area contributed by atoms with Crippen LogP contribution in [-0.2, 0) is 15.8 Å². The lowest BCUT2D eigenvalue weighted by atomic mass is 10.1. The van der Waals surface area contributed by atoms with Gasteiger partial charge in [0.05, 0.1) is 41.4 Å². The second-order valence-corrected chi connectivity index (χ2v) is 10.9. The molecule has 2 N–H and O–H groups in total. The summed E-state index contributed by atoms with van der Waals surface area (Å²) in [7, 11) is 6.44. The van der Waals surface area contributed by atoms with Gasteiger partial charge in [0.2, 0.25) is 17.7 Å². The first-order valence-electron chi connectivity index (χ1n) is 12.2. The zero-order valence-corrected chi connectivity index (χ0v) is 24.1. The van der Waals surface area contributed by atoms with Gasteiger partial charge in [-0.05, 0) is 39.1 Å². The highest BCUT2D eigenvalue weighted by Gasteiger charge is 2.25. The highest BCUT2D eigenvalue weighted by atomic mass is 35.5. The van der Waals surface area contributed by atoms with Gasteiger partial charge in [0.25, 0.3) is 0 Å². The first-order chi connectivity index (χ1) is 18.1. The van der Waals surface area contributed by atoms with Crippen molar-refractivity contribution < 1.29 is 18.5 Å². The molecule has 11 nitrogen and oxygen atoms in total. The number of amides is 1. The number of carbonyl (C=O) groups is 1. The molecule has 0 spiro atoms. The Balaban J connectivity index is 1.88. The Kier molecular flexibility index (Phi) is 10.7. The summed E-state index contributed by atoms with van der Waals surface area (Å²) >= 11 is 6.34. The van der Waals surface area contributed by atoms with E-state index in [1.54, 1.807) is 19.4 Å². The van der Waals surface area contributed by atoms with E-state index in [2.05, 4.69) is 32.1 Å². The summed E-state index contributed by atoms with van der Waals surface area (Å²) in [5, 5.41) is 6.30. The molecule has 2 heterocycles. The van der Waals surface area contributed by atoms with Crippen LogP contribution in [0.1, 0.15) is 12.8 Å². The SMILES string of the molecule is C=CC(=O)Nc1cc(Nc2ncc(Cl)c(OC3CCCN(S(C)=O)C3)n2)c(OC)cc1N(C)CCN(C)C. The number of piperidine rings is 1. The highest BCUT2D eigenvalue weighted by molar-refractivity contribution is 7.81. The number of benzene rings is 1. The van der Waals surface area contributed by atoms with Crippen molar-refractivity contribution in [3.8, 4) is 11.6 Å². The number of halogens is 1. The lowest BCUT2D eigenvalue weighted by Gasteiger charge is -2.30. The molecule has 1 fully saturated rings. The van der Waals surface area contributed by atoms with Crippen molar-refractivity contribution in [3.63, 3.8) is 0 Å². The number of likely N-dealkylation sites (N-methyl/N-ethyl adjacent to an activating group) is 2. The molecule has 2 aromatic rings. The van der Waals surface area contributed by atoms with Gasteiger partial charge in [0.15, 0.2) is 0 Å². The number of aromatic nitrogens is 2. The molecular formula is C25H36ClN7O4S. The predicted octanol–water partition coefficient (Wildman–Crippen LogP) is 3.14. The van der Waals surface area contributed by atoms with E-state index in [1.165, 1.54) is 12.3 Å². The summed E-state index contributed by atoms with van der Waals surface area (Å²) < 4.78 is 25.5. The molecule has 0 saturated carbocycles. The van der Waals surface area contributed by atoms with Crippen LogP contribution in [0, 0.1) is 0 Å². The van der Waals surface area contributed by atoms with E-state index < -0.39 is 11.0 Å². The highest BCUT2D eigenvalue weighted by Crippen LogP contribution is 2.38. The Labute approximate surface area is 231 Å². The van der Waals surface area contributed by atoms with Gasteiger partial charge in [-0.15, -0.1) is 0 Å². The topological polar surface area (TPSA) is 112 Å². The first-order valence-corrected chi connectivity index (χ1v) is 14.1. The second kappa shape index (κ2) is 13.7. The van der Waals surface area contributed by atoms with Crippen molar-refractivity contribution in [3.05, 3.63) is 36.0 Å². The van der Waals surface area contributed by atoms with Crippen LogP contribution >= 0.6 is 11.6 Å². The molecule has 3 rings (SSSR count). The van der Waals surface area contributed by atoms with Crippen molar-refractivity contribution in [1.29, 1.82) is 0 Å². The Morgan fingerprint density at radius 3 is 2.74 bits per heavy atom. The minimum absolute atomic E-state index is 0.194. The van der Waals surface area contributed by atoms with Gasteiger partial charge in [0.1, 0.15) is 16.9 Å². The van der Waals surface area contributed by atoms with E-state index in [4.69, 9.17) is 21.1 Å². The number of hydrogen-bond acceptors (Lipinski definition) is 9. The average Bonchev–Trinajstić information content (AvgIpc) is 2.89. The van der Waals surface area contributed by atoms with Gasteiger partial charge in [-0.1, -0.05) is 18.2 Å². The van der Waals surface area contributed by atoms with Crippen LogP contribution in [0.2, 0.25) is 5.02 Å². The second-order valence-electron chi connectivity index (χ2n) is 9.15. The summed E-state index contributed by atoms with van der Waals surface area (Å²) in [4.78, 5) is 25.1. The molecule has 1 amide bonds. The van der Waals surface area contributed by atoms with E-state index in [0.29, 0.717) is 23.7 Å². The largest absolute Gasteiger partial charge is 0.494 e. The fourth-order valence-electron chi connectivity index (χ4n) is 3.91. The molecule has 1 aliphatic heterocycles. The zero-order valence-electron chi connectivity index (χ0n) is 22.5. The summed E-state index contributed by atoms with van der Waals surface area (Å²) in [5.41, 5.74) is 1.88. The van der Waals surface area contributed by atoms with Crippen LogP contribution in [0.15, 0.2) is 31.0 Å². The van der Waals surface area contributed by atoms with Crippen LogP contribution in [0.25, 0.3) is 0 Å². The smallest absolute Gasteiger partial charge is 0.247 e. The third-order valence-corrected chi connectivity index (χ3v) is 7.31. The number of carbonyl (C=O) groups excluding carboxylic acids is 1. The normalized spacial score (nSPS) is 16.6. The number of hydrogen-bond donors (Lipinski definition) is 2. The van der Waals surface area contributed by atoms with Crippen LogP contribution in [0.5, 0.6) is 11.6 Å². The van der Waals surface area contributed by atoms with E-state index in [-0.39, 0.29) is 28.9 Å². The lowest BCUT2D eigenvalue weighted by Crippen LogP contribution is -2.41. The molecule has 0 radical (unpaired) electrons. The third kappa shape index (κ3) is 8.03. The Morgan fingerprint density at radius 1 is 1.32 bits per heavy atom. The number of nitrogens with zero attached hydrogens (tertiary/aromatic N) is 5. The van der Waals surface area contributed by atoms with Crippen molar-refractivity contribution in [2.75, 3.05) is 76.2 Å². The monoisotopic (exact) mass is 565 g/mol. The van der Waals surface area contributed by atoms with E-state index in [0.717, 1.165) is 38.2 Å². The quantitative estimate of drug-likeness (QED) is 0.375. The maximum Gasteiger partial charge on any atom is 0.247 e. The van der Waals surface area contributed by atoms with Gasteiger partial charge in [-0.2, -0.15) is 4.98 Å². The van der Waals surface area contributed by atoms with Crippen molar-refractivity contribution in [2.45, 2.75) is 18.9 Å². The van der Waals surface area contributed by atoms with Crippen LogP contribution < -0.4 is 25.0 Å². The van der Waals surface area contributed by atoms with Crippen molar-refractivity contribution >= 4 is 51.5 Å². The standard InChI is InChI=1S/C25H36ClN7O4S/c1-7-23(34)28-19-13-20(22(36-5)14-21(19)32(4)12-11-31(2)3)29-25-27-15-18(26)24(30-25)37-17-9-8-10-33(16-17)38(6)35/h7,13-15,17H,1,8-12,16H2,2-6H3,(H,28,34)(H,27,29,30). The minimum atomic E-state index is -1.07. The van der Waals surface area contributed by atoms with Gasteiger partial charge >= 0.3 is 0 Å². The lowest BCUT2D eigenvalue weighted by molar-refractivity contribution is -0.111. The Morgan fingerprint density at radius 2 is 2.08 bits per heavy atom. The predicted molar refractivity (Wildman–Crippen MR) is 153 cm³/mol. The fraction of sp³-hybridized carbons (Fsp3) is 0.480. The van der Waals surface area contributed by atoms with Gasteiger partial charge < -0.3 is 29.9 Å². The Hall–Kier alpha value is -2.93. The number of nitrogens with one attached hydrogen (secondary N) is 2. The van der Waals surface area contributed by atoms with E-state index in [1.807, 2.05) is 36.4 Å². The van der Waals surface area contributed by atoms with E-state index in [9.17, 15) is 9.00 Å². The number of methoxy groups -OCH3 is 1. The molecule has 1 aliphatic rings. The van der Waals surface area contributed by atoms with Crippen LogP contribution in [-0.4, -0.2) is 96.1 Å². The maximum absolute atomic E-state index is 12.2. The third-order valence-electron chi connectivity index (χ3n) is 6.00. The number of ether oxygens (including phenoxy) is 2. The van der Waals surface area contributed by atoms with Crippen molar-refractivity contribution in [2.24, 2.45) is 0 Å². The molecule has 38 heavy (non-hydrogen) atoms. The van der Waals surface area contributed by atoms with Crippen LogP contribution in [0.3, 0.4) is 0 Å². The molecule has 0 bridgehead atoms. The summed E-state index contributed by atoms with van der Waals surface area (Å²) in [6, 6.07) is 3.60. The maximum atomic E-state index is 12.2. The molecule has 2 unspecified atom stereocenters. The van der Waals surface area contributed by atoms with Gasteiger partial charge in [0, 0.05) is 45.5 Å².